The fourth-order valence-corrected chi connectivity index (χ4v) is 10.9. The Morgan fingerprint density at radius 3 is 1.49 bits per heavy atom. The van der Waals surface area contributed by atoms with Crippen LogP contribution in [0.2, 0.25) is 0 Å². The molecule has 0 bridgehead atoms. The van der Waals surface area contributed by atoms with Gasteiger partial charge in [-0.15, -0.1) is 0 Å². The van der Waals surface area contributed by atoms with E-state index in [1.54, 1.807) is 81.4 Å². The molecule has 1 aliphatic heterocycles. The lowest BCUT2D eigenvalue weighted by Gasteiger charge is -2.41. The zero-order valence-electron chi connectivity index (χ0n) is 59.5. The number of carbonyl (C=O) groups excluding carboxylic acids is 12. The molecule has 0 aromatic heterocycles. The summed E-state index contributed by atoms with van der Waals surface area (Å²) in [6, 6.07) is -13.0. The number of rotatable bonds is 16. The van der Waals surface area contributed by atoms with Gasteiger partial charge in [-0.25, -0.2) is 4.79 Å². The van der Waals surface area contributed by atoms with Crippen LogP contribution in [0.25, 0.3) is 0 Å². The minimum absolute atomic E-state index is 0.0297. The summed E-state index contributed by atoms with van der Waals surface area (Å²) in [5.41, 5.74) is -0.878. The highest BCUT2D eigenvalue weighted by atomic mass is 16.6. The molecule has 26 nitrogen and oxygen atoms in total. The lowest BCUT2D eigenvalue weighted by molar-refractivity contribution is -0.157. The number of alkyl carbamates (subject to hydrolysis) is 1. The molecule has 0 aliphatic carbocycles. The maximum absolute atomic E-state index is 15.2. The highest BCUT2D eigenvalue weighted by molar-refractivity contribution is 5.99. The number of amides is 12. The molecule has 0 spiro atoms. The van der Waals surface area contributed by atoms with Crippen molar-refractivity contribution in [3.8, 4) is 0 Å². The van der Waals surface area contributed by atoms with Crippen molar-refractivity contribution in [2.24, 2.45) is 35.5 Å². The van der Waals surface area contributed by atoms with E-state index in [9.17, 15) is 53.1 Å². The molecule has 0 aromatic carbocycles. The first-order valence-electron chi connectivity index (χ1n) is 32.2. The van der Waals surface area contributed by atoms with Crippen molar-refractivity contribution in [3.05, 3.63) is 12.2 Å². The van der Waals surface area contributed by atoms with E-state index >= 15 is 9.59 Å². The number of hydrogen-bond donors (Lipinski definition) is 6. The van der Waals surface area contributed by atoms with E-state index in [1.165, 1.54) is 82.8 Å². The summed E-state index contributed by atoms with van der Waals surface area (Å²) in [5, 5.41) is 25.6. The SMILES string of the molecule is C/C=C/C[C@@H](C)[C@@H](O)[C@H]1C(=O)N[C@@H](CC)C(=O)N(C)CC(=O)N(C)[C@@H](CCNC(=O)OC(C)(C)C)C(=O)N[C@@H](C(C)C)C(=O)N(C)[C@@H](CC(C)C)C(=O)N[C@@H](C)C(=O)N[C@@H](C)C(=O)N(C)[C@@H](CC(C)C)C(=O)N(C)[C@@H](CC(C)C)C(=O)N(C)[C@@H](C(C)C)C(=O)N1C. The van der Waals surface area contributed by atoms with Crippen molar-refractivity contribution < 1.29 is 67.4 Å². The molecule has 1 fully saturated rings. The molecule has 1 heterocycles. The summed E-state index contributed by atoms with van der Waals surface area (Å²) in [6.07, 6.45) is 1.62. The molecule has 26 heteroatoms. The van der Waals surface area contributed by atoms with Gasteiger partial charge in [0.05, 0.1) is 12.6 Å². The molecule has 1 rings (SSSR count). The Morgan fingerprint density at radius 2 is 1.02 bits per heavy atom. The second kappa shape index (κ2) is 37.0. The number of nitrogens with zero attached hydrogens (tertiary/aromatic N) is 7. The van der Waals surface area contributed by atoms with Crippen LogP contribution in [-0.2, 0) is 57.5 Å². The molecule has 520 valence electrons. The first kappa shape index (κ1) is 82.2. The number of likely N-dealkylation sites (N-methyl/N-ethyl adjacent to an activating group) is 7. The highest BCUT2D eigenvalue weighted by Crippen LogP contribution is 2.26. The quantitative estimate of drug-likeness (QED) is 0.121. The third-order valence-corrected chi connectivity index (χ3v) is 16.5. The van der Waals surface area contributed by atoms with Crippen molar-refractivity contribution in [2.75, 3.05) is 62.4 Å². The van der Waals surface area contributed by atoms with Crippen LogP contribution in [-0.4, -0.2) is 245 Å². The van der Waals surface area contributed by atoms with Gasteiger partial charge in [-0.2, -0.15) is 0 Å². The van der Waals surface area contributed by atoms with Gasteiger partial charge in [0.1, 0.15) is 66.0 Å². The molecule has 91 heavy (non-hydrogen) atoms. The van der Waals surface area contributed by atoms with Gasteiger partial charge in [0.25, 0.3) is 0 Å². The van der Waals surface area contributed by atoms with Crippen LogP contribution in [0.1, 0.15) is 163 Å². The average molecular weight is 1290 g/mol. The molecule has 0 aromatic rings. The number of allylic oxidation sites excluding steroid dienone is 2. The van der Waals surface area contributed by atoms with Crippen molar-refractivity contribution in [1.29, 1.82) is 0 Å². The van der Waals surface area contributed by atoms with E-state index in [1.807, 2.05) is 41.5 Å². The number of ether oxygens (including phenoxy) is 1. The Morgan fingerprint density at radius 1 is 0.560 bits per heavy atom. The minimum atomic E-state index is -1.65. The summed E-state index contributed by atoms with van der Waals surface area (Å²) in [5.74, 6) is -10.5. The monoisotopic (exact) mass is 1290 g/mol. The Bertz CT molecular complexity index is 2530. The summed E-state index contributed by atoms with van der Waals surface area (Å²) in [4.78, 5) is 182. The topological polar surface area (TPSA) is 317 Å². The van der Waals surface area contributed by atoms with Crippen LogP contribution in [0.4, 0.5) is 4.79 Å². The van der Waals surface area contributed by atoms with Crippen molar-refractivity contribution >= 4 is 71.1 Å². The molecular weight excluding hydrogens is 1170 g/mol. The van der Waals surface area contributed by atoms with E-state index in [2.05, 4.69) is 26.6 Å². The standard InChI is InChI=1S/C65H116N12O14/c1-26-28-29-41(13)53(79)52-57(83)69-44(27-2)59(85)71(19)35-49(78)72(20)45(30-31-66-64(90)91-65(16,17)18)55(81)70-50(39(9)10)62(88)73(21)46(32-36(3)4)56(82)67-42(14)54(80)68-43(15)58(84)74(22)47(33-37(5)6)60(86)75(23)48(34-38(7)8)61(87)76(24)51(40(11)12)63(89)77(52)25/h26,28,36-48,50-53,79H,27,29-35H2,1-25H3,(H,66,90)(H,67,82)(H,68,80)(H,69,83)(H,70,81)/b28-26+/t41-,42+,43+,44+,45+,46+,47+,48+,50+,51+,52+,53-/m1/s1. The largest absolute Gasteiger partial charge is 0.444 e. The van der Waals surface area contributed by atoms with Crippen molar-refractivity contribution in [1.82, 2.24) is 60.9 Å². The molecular formula is C65H116N12O14. The molecule has 6 N–H and O–H groups in total. The van der Waals surface area contributed by atoms with Gasteiger partial charge in [0.2, 0.25) is 65.0 Å². The molecule has 12 atom stereocenters. The van der Waals surface area contributed by atoms with E-state index < -0.39 is 167 Å². The normalized spacial score (nSPS) is 25.9. The maximum Gasteiger partial charge on any atom is 0.407 e. The van der Waals surface area contributed by atoms with Gasteiger partial charge >= 0.3 is 6.09 Å². The second-order valence-corrected chi connectivity index (χ2v) is 27.7. The summed E-state index contributed by atoms with van der Waals surface area (Å²) in [7, 11) is 9.65. The summed E-state index contributed by atoms with van der Waals surface area (Å²) < 4.78 is 5.40. The number of nitrogens with one attached hydrogen (secondary N) is 5. The lowest BCUT2D eigenvalue weighted by Crippen LogP contribution is -2.63. The second-order valence-electron chi connectivity index (χ2n) is 27.7. The Hall–Kier alpha value is -6.86. The number of hydrogen-bond acceptors (Lipinski definition) is 14. The Balaban J connectivity index is 4.38. The van der Waals surface area contributed by atoms with E-state index in [4.69, 9.17) is 4.74 Å². The lowest BCUT2D eigenvalue weighted by atomic mass is 9.91. The fraction of sp³-hybridized carbons (Fsp3) is 0.785. The van der Waals surface area contributed by atoms with Crippen LogP contribution in [0.5, 0.6) is 0 Å². The van der Waals surface area contributed by atoms with Gasteiger partial charge in [-0.05, 0) is 116 Å². The van der Waals surface area contributed by atoms with Gasteiger partial charge < -0.3 is 70.7 Å². The number of aliphatic hydroxyl groups excluding tert-OH is 1. The number of carbonyl (C=O) groups is 12. The van der Waals surface area contributed by atoms with Gasteiger partial charge in [0, 0.05) is 55.9 Å². The zero-order valence-corrected chi connectivity index (χ0v) is 59.5. The van der Waals surface area contributed by atoms with Gasteiger partial charge in [0.15, 0.2) is 0 Å². The smallest absolute Gasteiger partial charge is 0.407 e. The Kier molecular flexibility index (Phi) is 33.4. The molecule has 1 aliphatic rings. The van der Waals surface area contributed by atoms with Crippen LogP contribution in [0.3, 0.4) is 0 Å². The van der Waals surface area contributed by atoms with Crippen LogP contribution >= 0.6 is 0 Å². The average Bonchev–Trinajstić information content (AvgIpc) is 0.886. The molecule has 0 saturated carbocycles. The highest BCUT2D eigenvalue weighted by Gasteiger charge is 2.46. The van der Waals surface area contributed by atoms with Crippen LogP contribution in [0.15, 0.2) is 12.2 Å². The summed E-state index contributed by atoms with van der Waals surface area (Å²) >= 11 is 0. The molecule has 0 unspecified atom stereocenters. The van der Waals surface area contributed by atoms with Crippen LogP contribution < -0.4 is 26.6 Å². The maximum atomic E-state index is 15.2. The fourth-order valence-electron chi connectivity index (χ4n) is 10.9. The molecule has 1 saturated heterocycles. The molecule has 12 amide bonds. The van der Waals surface area contributed by atoms with Crippen molar-refractivity contribution in [2.45, 2.75) is 235 Å². The van der Waals surface area contributed by atoms with E-state index in [-0.39, 0.29) is 62.8 Å². The van der Waals surface area contributed by atoms with Gasteiger partial charge in [-0.1, -0.05) is 95.2 Å². The van der Waals surface area contributed by atoms with E-state index in [0.717, 1.165) is 14.7 Å². The zero-order chi connectivity index (χ0) is 70.6. The van der Waals surface area contributed by atoms with E-state index in [0.29, 0.717) is 0 Å². The third-order valence-electron chi connectivity index (χ3n) is 16.5. The predicted molar refractivity (Wildman–Crippen MR) is 348 cm³/mol. The number of aliphatic hydroxyl groups is 1. The minimum Gasteiger partial charge on any atom is -0.444 e. The van der Waals surface area contributed by atoms with Gasteiger partial charge in [-0.3, -0.25) is 52.7 Å². The van der Waals surface area contributed by atoms with Crippen molar-refractivity contribution in [3.63, 3.8) is 0 Å². The Labute approximate surface area is 542 Å². The van der Waals surface area contributed by atoms with Crippen LogP contribution in [0, 0.1) is 35.5 Å². The first-order chi connectivity index (χ1) is 41.9. The predicted octanol–water partition coefficient (Wildman–Crippen LogP) is 3.14. The summed E-state index contributed by atoms with van der Waals surface area (Å²) in [6.45, 7) is 29.9. The molecule has 0 radical (unpaired) electrons. The third kappa shape index (κ3) is 24.3. The first-order valence-corrected chi connectivity index (χ1v) is 32.2.